The van der Waals surface area contributed by atoms with Crippen molar-refractivity contribution < 1.29 is 4.79 Å². The molecule has 1 atom stereocenters. The molecule has 0 radical (unpaired) electrons. The minimum atomic E-state index is -0.182. The molecule has 1 aliphatic rings. The quantitative estimate of drug-likeness (QED) is 0.808. The van der Waals surface area contributed by atoms with Crippen LogP contribution in [0.1, 0.15) is 6.92 Å². The Hall–Kier alpha value is -2.96. The number of aromatic amines is 1. The molecule has 3 rings (SSSR count). The molecule has 0 bridgehead atoms. The van der Waals surface area contributed by atoms with E-state index in [9.17, 15) is 9.59 Å². The predicted molar refractivity (Wildman–Crippen MR) is 91.4 cm³/mol. The molecule has 24 heavy (non-hydrogen) atoms. The second-order valence-electron chi connectivity index (χ2n) is 5.87. The van der Waals surface area contributed by atoms with E-state index in [0.29, 0.717) is 24.7 Å². The summed E-state index contributed by atoms with van der Waals surface area (Å²) in [6.45, 7) is 6.84. The number of carbonyl (C=O) groups is 1. The Labute approximate surface area is 139 Å². The highest BCUT2D eigenvalue weighted by Crippen LogP contribution is 2.23. The minimum absolute atomic E-state index is 0.0537. The van der Waals surface area contributed by atoms with Crippen molar-refractivity contribution >= 4 is 11.6 Å². The van der Waals surface area contributed by atoms with E-state index in [2.05, 4.69) is 26.8 Å². The first-order valence-electron chi connectivity index (χ1n) is 7.75. The van der Waals surface area contributed by atoms with E-state index < -0.39 is 0 Å². The van der Waals surface area contributed by atoms with E-state index in [1.54, 1.807) is 29.4 Å². The molecule has 0 aliphatic carbocycles. The Bertz CT molecular complexity index is 796. The van der Waals surface area contributed by atoms with Gasteiger partial charge in [0.25, 0.3) is 5.56 Å². The van der Waals surface area contributed by atoms with E-state index in [1.165, 1.54) is 12.4 Å². The second kappa shape index (κ2) is 6.66. The molecular weight excluding hydrogens is 306 g/mol. The zero-order chi connectivity index (χ0) is 17.1. The molecule has 7 heteroatoms. The van der Waals surface area contributed by atoms with Crippen molar-refractivity contribution in [3.8, 4) is 11.3 Å². The molecule has 2 aromatic rings. The summed E-state index contributed by atoms with van der Waals surface area (Å²) >= 11 is 0. The maximum Gasteiger partial charge on any atom is 0.271 e. The molecule has 1 aliphatic heterocycles. The summed E-state index contributed by atoms with van der Waals surface area (Å²) in [5.74, 6) is 0.248. The largest absolute Gasteiger partial charge is 0.378 e. The van der Waals surface area contributed by atoms with Crippen LogP contribution in [0.25, 0.3) is 11.3 Å². The maximum atomic E-state index is 12.1. The van der Waals surface area contributed by atoms with E-state index in [4.69, 9.17) is 0 Å². The summed E-state index contributed by atoms with van der Waals surface area (Å²) in [6, 6.07) is 3.63. The van der Waals surface area contributed by atoms with Gasteiger partial charge in [-0.1, -0.05) is 6.58 Å². The molecule has 7 nitrogen and oxygen atoms in total. The maximum absolute atomic E-state index is 12.1. The van der Waals surface area contributed by atoms with E-state index in [-0.39, 0.29) is 17.5 Å². The van der Waals surface area contributed by atoms with Gasteiger partial charge >= 0.3 is 0 Å². The first-order chi connectivity index (χ1) is 11.6. The first-order valence-corrected chi connectivity index (χ1v) is 7.75. The fourth-order valence-corrected chi connectivity index (χ4v) is 2.70. The van der Waals surface area contributed by atoms with Crippen LogP contribution in [0, 0.1) is 5.92 Å². The molecule has 0 spiro atoms. The van der Waals surface area contributed by atoms with Gasteiger partial charge in [-0.25, -0.2) is 9.97 Å². The van der Waals surface area contributed by atoms with E-state index >= 15 is 0 Å². The summed E-state index contributed by atoms with van der Waals surface area (Å²) < 4.78 is 0. The van der Waals surface area contributed by atoms with Crippen LogP contribution in [0.2, 0.25) is 0 Å². The summed E-state index contributed by atoms with van der Waals surface area (Å²) in [5, 5.41) is 3.25. The summed E-state index contributed by atoms with van der Waals surface area (Å²) in [4.78, 5) is 36.1. The molecule has 3 heterocycles. The SMILES string of the molecule is C=CC(=O)N1CC(C(C)Nc2cc(-c3ccncn3)c[nH]c2=O)C1. The van der Waals surface area contributed by atoms with Gasteiger partial charge < -0.3 is 15.2 Å². The minimum Gasteiger partial charge on any atom is -0.378 e. The number of amides is 1. The van der Waals surface area contributed by atoms with Gasteiger partial charge in [-0.3, -0.25) is 9.59 Å². The lowest BCUT2D eigenvalue weighted by Gasteiger charge is -2.42. The molecule has 1 unspecified atom stereocenters. The van der Waals surface area contributed by atoms with Crippen LogP contribution in [0.4, 0.5) is 5.69 Å². The average molecular weight is 325 g/mol. The van der Waals surface area contributed by atoms with Gasteiger partial charge in [-0.05, 0) is 25.1 Å². The third-order valence-corrected chi connectivity index (χ3v) is 4.27. The summed E-state index contributed by atoms with van der Waals surface area (Å²) in [5.41, 5.74) is 1.86. The number of pyridine rings is 1. The molecule has 1 amide bonds. The second-order valence-corrected chi connectivity index (χ2v) is 5.87. The molecule has 0 aromatic carbocycles. The number of rotatable bonds is 5. The molecule has 2 N–H and O–H groups in total. The Morgan fingerprint density at radius 3 is 3.00 bits per heavy atom. The lowest BCUT2D eigenvalue weighted by atomic mass is 9.92. The van der Waals surface area contributed by atoms with Gasteiger partial charge in [-0.15, -0.1) is 0 Å². The number of carbonyl (C=O) groups excluding carboxylic acids is 1. The van der Waals surface area contributed by atoms with Crippen molar-refractivity contribution in [2.45, 2.75) is 13.0 Å². The van der Waals surface area contributed by atoms with Gasteiger partial charge in [0.1, 0.15) is 12.0 Å². The summed E-state index contributed by atoms with van der Waals surface area (Å²) in [7, 11) is 0. The summed E-state index contributed by atoms with van der Waals surface area (Å²) in [6.07, 6.45) is 6.08. The van der Waals surface area contributed by atoms with Gasteiger partial charge in [0, 0.05) is 43.0 Å². The lowest BCUT2D eigenvalue weighted by molar-refractivity contribution is -0.132. The third-order valence-electron chi connectivity index (χ3n) is 4.27. The third kappa shape index (κ3) is 3.19. The van der Waals surface area contributed by atoms with Crippen molar-refractivity contribution in [1.82, 2.24) is 19.9 Å². The predicted octanol–water partition coefficient (Wildman–Crippen LogP) is 1.28. The smallest absolute Gasteiger partial charge is 0.271 e. The van der Waals surface area contributed by atoms with Crippen molar-refractivity contribution in [3.63, 3.8) is 0 Å². The van der Waals surface area contributed by atoms with Crippen molar-refractivity contribution in [2.24, 2.45) is 5.92 Å². The van der Waals surface area contributed by atoms with Crippen LogP contribution in [-0.2, 0) is 4.79 Å². The number of aromatic nitrogens is 3. The van der Waals surface area contributed by atoms with Gasteiger partial charge in [0.15, 0.2) is 0 Å². The molecule has 0 saturated carbocycles. The molecule has 1 saturated heterocycles. The van der Waals surface area contributed by atoms with Gasteiger partial charge in [0.2, 0.25) is 5.91 Å². The molecular formula is C17H19N5O2. The van der Waals surface area contributed by atoms with E-state index in [0.717, 1.165) is 11.3 Å². The van der Waals surface area contributed by atoms with Crippen LogP contribution in [-0.4, -0.2) is 44.9 Å². The Kier molecular flexibility index (Phi) is 4.41. The van der Waals surface area contributed by atoms with Crippen molar-refractivity contribution in [1.29, 1.82) is 0 Å². The fraction of sp³-hybridized carbons (Fsp3) is 0.294. The van der Waals surface area contributed by atoms with Crippen LogP contribution < -0.4 is 10.9 Å². The Morgan fingerprint density at radius 2 is 2.33 bits per heavy atom. The number of likely N-dealkylation sites (tertiary alicyclic amines) is 1. The highest BCUT2D eigenvalue weighted by atomic mass is 16.2. The molecule has 1 fully saturated rings. The number of nitrogens with zero attached hydrogens (tertiary/aromatic N) is 3. The van der Waals surface area contributed by atoms with E-state index in [1.807, 2.05) is 6.92 Å². The van der Waals surface area contributed by atoms with Gasteiger partial charge in [-0.2, -0.15) is 0 Å². The Morgan fingerprint density at radius 1 is 1.54 bits per heavy atom. The number of nitrogens with one attached hydrogen (secondary N) is 2. The van der Waals surface area contributed by atoms with Crippen LogP contribution in [0.5, 0.6) is 0 Å². The zero-order valence-electron chi connectivity index (χ0n) is 13.4. The Balaban J connectivity index is 1.70. The number of hydrogen-bond donors (Lipinski definition) is 2. The van der Waals surface area contributed by atoms with Crippen molar-refractivity contribution in [2.75, 3.05) is 18.4 Å². The first kappa shape index (κ1) is 15.9. The number of anilines is 1. The molecule has 124 valence electrons. The topological polar surface area (TPSA) is 91.0 Å². The highest BCUT2D eigenvalue weighted by Gasteiger charge is 2.33. The van der Waals surface area contributed by atoms with Crippen LogP contribution in [0.15, 0.2) is 48.3 Å². The number of H-pyrrole nitrogens is 1. The number of hydrogen-bond acceptors (Lipinski definition) is 5. The highest BCUT2D eigenvalue weighted by molar-refractivity contribution is 5.87. The standard InChI is InChI=1S/C17H19N5O2/c1-3-16(23)22-8-13(9-22)11(2)21-15-6-12(7-19-17(15)24)14-4-5-18-10-20-14/h3-7,10-11,13,21H,1,8-9H2,2H3,(H,19,24). The average Bonchev–Trinajstić information content (AvgIpc) is 2.56. The monoisotopic (exact) mass is 325 g/mol. The van der Waals surface area contributed by atoms with Crippen molar-refractivity contribution in [3.05, 3.63) is 53.9 Å². The van der Waals surface area contributed by atoms with Crippen LogP contribution >= 0.6 is 0 Å². The normalized spacial score (nSPS) is 15.5. The van der Waals surface area contributed by atoms with Crippen LogP contribution in [0.3, 0.4) is 0 Å². The fourth-order valence-electron chi connectivity index (χ4n) is 2.70. The zero-order valence-corrected chi connectivity index (χ0v) is 13.4. The van der Waals surface area contributed by atoms with Gasteiger partial charge in [0.05, 0.1) is 5.69 Å². The molecule has 2 aromatic heterocycles. The lowest BCUT2D eigenvalue weighted by Crippen LogP contribution is -2.55.